The maximum absolute atomic E-state index is 13.4. The number of hydrogen-bond donors (Lipinski definition) is 1. The van der Waals surface area contributed by atoms with Crippen LogP contribution in [-0.4, -0.2) is 86.3 Å². The van der Waals surface area contributed by atoms with Crippen molar-refractivity contribution in [1.82, 2.24) is 29.4 Å². The minimum atomic E-state index is -0.600. The van der Waals surface area contributed by atoms with Crippen molar-refractivity contribution in [2.24, 2.45) is 0 Å². The molecule has 11 nitrogen and oxygen atoms in total. The minimum absolute atomic E-state index is 0.0958. The van der Waals surface area contributed by atoms with Gasteiger partial charge in [0.15, 0.2) is 11.5 Å². The largest absolute Gasteiger partial charge is 0.497 e. The predicted molar refractivity (Wildman–Crippen MR) is 155 cm³/mol. The van der Waals surface area contributed by atoms with Crippen molar-refractivity contribution < 1.29 is 19.1 Å². The van der Waals surface area contributed by atoms with Crippen molar-refractivity contribution >= 4 is 50.4 Å². The molecule has 2 amide bonds. The monoisotopic (exact) mass is 609 g/mol. The number of halogens is 1. The number of aromatic nitrogens is 4. The lowest BCUT2D eigenvalue weighted by Gasteiger charge is -2.36. The van der Waals surface area contributed by atoms with E-state index >= 15 is 0 Å². The summed E-state index contributed by atoms with van der Waals surface area (Å²) in [4.78, 5) is 38.8. The Bertz CT molecular complexity index is 1560. The quantitative estimate of drug-likeness (QED) is 0.349. The van der Waals surface area contributed by atoms with E-state index in [2.05, 4.69) is 21.2 Å². The van der Waals surface area contributed by atoms with Crippen molar-refractivity contribution in [3.63, 3.8) is 0 Å². The van der Waals surface area contributed by atoms with E-state index in [4.69, 9.17) is 24.5 Å². The predicted octanol–water partition coefficient (Wildman–Crippen LogP) is 4.60. The first-order valence-corrected chi connectivity index (χ1v) is 13.9. The number of benzene rings is 2. The number of nitrogens with zero attached hydrogens (tertiary/aromatic N) is 6. The van der Waals surface area contributed by atoms with Gasteiger partial charge >= 0.3 is 6.09 Å². The molecule has 1 atom stereocenters. The molecule has 0 saturated carbocycles. The molecule has 1 unspecified atom stereocenters. The number of anilines is 1. The fourth-order valence-electron chi connectivity index (χ4n) is 4.52. The molecule has 1 aliphatic rings. The highest BCUT2D eigenvalue weighted by molar-refractivity contribution is 9.10. The second kappa shape index (κ2) is 10.9. The van der Waals surface area contributed by atoms with Crippen LogP contribution in [0.5, 0.6) is 5.75 Å². The Balaban J connectivity index is 1.39. The third kappa shape index (κ3) is 5.67. The zero-order valence-corrected chi connectivity index (χ0v) is 24.7. The van der Waals surface area contributed by atoms with Crippen molar-refractivity contribution in [1.29, 1.82) is 0 Å². The lowest BCUT2D eigenvalue weighted by Crippen LogP contribution is -2.54. The highest BCUT2D eigenvalue weighted by Crippen LogP contribution is 2.29. The van der Waals surface area contributed by atoms with Gasteiger partial charge in [0.25, 0.3) is 0 Å². The van der Waals surface area contributed by atoms with Crippen LogP contribution in [0.25, 0.3) is 27.9 Å². The zero-order chi connectivity index (χ0) is 28.6. The van der Waals surface area contributed by atoms with Crippen LogP contribution in [0.15, 0.2) is 46.9 Å². The average molecular weight is 611 g/mol. The van der Waals surface area contributed by atoms with Gasteiger partial charge in [0, 0.05) is 41.6 Å². The van der Waals surface area contributed by atoms with Gasteiger partial charge in [0.2, 0.25) is 11.9 Å². The summed E-state index contributed by atoms with van der Waals surface area (Å²) < 4.78 is 13.2. The molecule has 0 bridgehead atoms. The molecule has 3 heterocycles. The summed E-state index contributed by atoms with van der Waals surface area (Å²) in [5, 5.41) is 8.83. The van der Waals surface area contributed by atoms with Gasteiger partial charge < -0.3 is 24.6 Å². The second-order valence-electron chi connectivity index (χ2n) is 10.6. The second-order valence-corrected chi connectivity index (χ2v) is 11.5. The normalized spacial score (nSPS) is 14.8. The summed E-state index contributed by atoms with van der Waals surface area (Å²) in [6.45, 7) is 8.96. The van der Waals surface area contributed by atoms with E-state index in [1.165, 1.54) is 0 Å². The minimum Gasteiger partial charge on any atom is -0.497 e. The Morgan fingerprint density at radius 3 is 2.33 bits per heavy atom. The molecule has 2 aromatic heterocycles. The van der Waals surface area contributed by atoms with Crippen molar-refractivity contribution in [2.75, 3.05) is 38.6 Å². The summed E-state index contributed by atoms with van der Waals surface area (Å²) in [6, 6.07) is 12.7. The standard InChI is InChI=1S/C28H32BrN7O4/c1-17(25(37)34-13-15-35(16-14-34)27(38)40-28(2,3)4)30-26-31-22-20(7-6-8-21(22)29)24-32-23(33-36(24)26)18-9-11-19(39-5)12-10-18/h6-12,17H,13-16H2,1-5H3,(H,30,31). The molecule has 210 valence electrons. The highest BCUT2D eigenvalue weighted by Gasteiger charge is 2.30. The van der Waals surface area contributed by atoms with Gasteiger partial charge in [-0.25, -0.2) is 14.8 Å². The van der Waals surface area contributed by atoms with Gasteiger partial charge in [-0.1, -0.05) is 6.07 Å². The lowest BCUT2D eigenvalue weighted by atomic mass is 10.2. The molecule has 1 fully saturated rings. The molecule has 4 aromatic rings. The molecule has 0 radical (unpaired) electrons. The van der Waals surface area contributed by atoms with E-state index in [0.29, 0.717) is 49.1 Å². The summed E-state index contributed by atoms with van der Waals surface area (Å²) in [6.07, 6.45) is -0.363. The topological polar surface area (TPSA) is 114 Å². The Hall–Kier alpha value is -3.93. The molecule has 40 heavy (non-hydrogen) atoms. The first-order chi connectivity index (χ1) is 19.0. The van der Waals surface area contributed by atoms with Gasteiger partial charge in [-0.15, -0.1) is 5.10 Å². The fourth-order valence-corrected chi connectivity index (χ4v) is 4.97. The number of hydrogen-bond acceptors (Lipinski definition) is 8. The van der Waals surface area contributed by atoms with Crippen molar-refractivity contribution in [2.45, 2.75) is 39.3 Å². The number of carbonyl (C=O) groups excluding carboxylic acids is 2. The molecule has 0 aliphatic carbocycles. The van der Waals surface area contributed by atoms with Crippen LogP contribution in [0.2, 0.25) is 0 Å². The SMILES string of the molecule is COc1ccc(-c2nc3c4cccc(Br)c4nc(NC(C)C(=O)N4CCN(C(=O)OC(C)(C)C)CC4)n3n2)cc1. The maximum Gasteiger partial charge on any atom is 0.410 e. The third-order valence-corrected chi connectivity index (χ3v) is 7.20. The molecular formula is C28H32BrN7O4. The number of ether oxygens (including phenoxy) is 2. The number of fused-ring (bicyclic) bond motifs is 3. The number of rotatable bonds is 5. The molecule has 5 rings (SSSR count). The van der Waals surface area contributed by atoms with Crippen LogP contribution in [-0.2, 0) is 9.53 Å². The molecule has 0 spiro atoms. The van der Waals surface area contributed by atoms with E-state index in [1.54, 1.807) is 28.3 Å². The van der Waals surface area contributed by atoms with Gasteiger partial charge in [0.1, 0.15) is 17.4 Å². The smallest absolute Gasteiger partial charge is 0.410 e. The fraction of sp³-hybridized carbons (Fsp3) is 0.393. The average Bonchev–Trinajstić information content (AvgIpc) is 3.39. The van der Waals surface area contributed by atoms with Crippen LogP contribution in [0.3, 0.4) is 0 Å². The van der Waals surface area contributed by atoms with Gasteiger partial charge in [-0.2, -0.15) is 4.52 Å². The number of piperazine rings is 1. The molecule has 12 heteroatoms. The Labute approximate surface area is 240 Å². The van der Waals surface area contributed by atoms with Crippen LogP contribution in [0, 0.1) is 0 Å². The molecule has 1 saturated heterocycles. The number of amides is 2. The first-order valence-electron chi connectivity index (χ1n) is 13.1. The van der Waals surface area contributed by atoms with Crippen LogP contribution in [0.4, 0.5) is 10.7 Å². The summed E-state index contributed by atoms with van der Waals surface area (Å²) >= 11 is 3.60. The molecule has 2 aromatic carbocycles. The van der Waals surface area contributed by atoms with Gasteiger partial charge in [-0.05, 0) is 80.0 Å². The van der Waals surface area contributed by atoms with Crippen molar-refractivity contribution in [3.05, 3.63) is 46.9 Å². The Morgan fingerprint density at radius 1 is 1.00 bits per heavy atom. The third-order valence-electron chi connectivity index (χ3n) is 6.56. The van der Waals surface area contributed by atoms with Crippen molar-refractivity contribution in [3.8, 4) is 17.1 Å². The van der Waals surface area contributed by atoms with Crippen LogP contribution < -0.4 is 10.1 Å². The molecular weight excluding hydrogens is 578 g/mol. The number of methoxy groups -OCH3 is 1. The highest BCUT2D eigenvalue weighted by atomic mass is 79.9. The Morgan fingerprint density at radius 2 is 1.68 bits per heavy atom. The van der Waals surface area contributed by atoms with E-state index in [0.717, 1.165) is 21.2 Å². The van der Waals surface area contributed by atoms with E-state index in [1.807, 2.05) is 63.2 Å². The van der Waals surface area contributed by atoms with Crippen LogP contribution in [0.1, 0.15) is 27.7 Å². The van der Waals surface area contributed by atoms with Gasteiger partial charge in [0.05, 0.1) is 12.6 Å². The van der Waals surface area contributed by atoms with E-state index < -0.39 is 11.6 Å². The lowest BCUT2D eigenvalue weighted by molar-refractivity contribution is -0.133. The first kappa shape index (κ1) is 27.6. The summed E-state index contributed by atoms with van der Waals surface area (Å²) in [5.41, 5.74) is 1.58. The zero-order valence-electron chi connectivity index (χ0n) is 23.1. The summed E-state index contributed by atoms with van der Waals surface area (Å²) in [7, 11) is 1.62. The summed E-state index contributed by atoms with van der Waals surface area (Å²) in [5.74, 6) is 1.57. The van der Waals surface area contributed by atoms with E-state index in [-0.39, 0.29) is 12.0 Å². The van der Waals surface area contributed by atoms with Crippen LogP contribution >= 0.6 is 15.9 Å². The number of nitrogens with one attached hydrogen (secondary N) is 1. The van der Waals surface area contributed by atoms with Gasteiger partial charge in [-0.3, -0.25) is 4.79 Å². The number of carbonyl (C=O) groups is 2. The molecule has 1 aliphatic heterocycles. The number of para-hydroxylation sites is 1. The van der Waals surface area contributed by atoms with E-state index in [9.17, 15) is 9.59 Å². The Kier molecular flexibility index (Phi) is 7.54. The maximum atomic E-state index is 13.4. The molecule has 1 N–H and O–H groups in total.